The molecule has 6 heteroatoms. The van der Waals surface area contributed by atoms with E-state index in [9.17, 15) is 0 Å². The average Bonchev–Trinajstić information content (AvgIpc) is 2.85. The molecule has 2 aromatic heterocycles. The van der Waals surface area contributed by atoms with Crippen LogP contribution in [0, 0.1) is 4.77 Å². The Balaban J connectivity index is 2.16. The monoisotopic (exact) mass is 291 g/mol. The summed E-state index contributed by atoms with van der Waals surface area (Å²) in [4.78, 5) is 6.56. The van der Waals surface area contributed by atoms with Gasteiger partial charge in [0.1, 0.15) is 0 Å². The lowest BCUT2D eigenvalue weighted by Crippen LogP contribution is -2.28. The van der Waals surface area contributed by atoms with Gasteiger partial charge in [-0.25, -0.2) is 0 Å². The Bertz CT molecular complexity index is 575. The zero-order chi connectivity index (χ0) is 14.4. The summed E-state index contributed by atoms with van der Waals surface area (Å²) < 4.78 is 2.71. The van der Waals surface area contributed by atoms with E-state index < -0.39 is 0 Å². The highest BCUT2D eigenvalue weighted by Crippen LogP contribution is 2.15. The van der Waals surface area contributed by atoms with E-state index in [0.717, 1.165) is 37.6 Å². The lowest BCUT2D eigenvalue weighted by atomic mass is 10.2. The van der Waals surface area contributed by atoms with Crippen molar-refractivity contribution >= 4 is 12.2 Å². The molecule has 0 unspecified atom stereocenters. The summed E-state index contributed by atoms with van der Waals surface area (Å²) in [5.41, 5.74) is 0.985. The van der Waals surface area contributed by atoms with E-state index in [1.807, 2.05) is 22.9 Å². The van der Waals surface area contributed by atoms with Crippen molar-refractivity contribution in [3.8, 4) is 11.4 Å². The lowest BCUT2D eigenvalue weighted by molar-refractivity contribution is 0.276. The summed E-state index contributed by atoms with van der Waals surface area (Å²) in [5.74, 6) is 0.857. The number of likely N-dealkylation sites (N-methyl/N-ethyl adjacent to an activating group) is 1. The quantitative estimate of drug-likeness (QED) is 0.797. The molecular formula is C14H21N5S. The van der Waals surface area contributed by atoms with Crippen LogP contribution in [0.4, 0.5) is 0 Å². The maximum atomic E-state index is 5.33. The minimum atomic E-state index is 0.663. The molecule has 0 radical (unpaired) electrons. The van der Waals surface area contributed by atoms with Gasteiger partial charge in [0.25, 0.3) is 0 Å². The van der Waals surface area contributed by atoms with Gasteiger partial charge in [-0.1, -0.05) is 13.8 Å². The second kappa shape index (κ2) is 7.31. The second-order valence-corrected chi connectivity index (χ2v) is 5.07. The largest absolute Gasteiger partial charge is 0.302 e. The van der Waals surface area contributed by atoms with Crippen LogP contribution in [0.25, 0.3) is 11.4 Å². The van der Waals surface area contributed by atoms with Crippen molar-refractivity contribution in [2.75, 3.05) is 19.6 Å². The van der Waals surface area contributed by atoms with Crippen LogP contribution in [0.5, 0.6) is 0 Å². The van der Waals surface area contributed by atoms with Gasteiger partial charge in [-0.2, -0.15) is 5.10 Å². The molecule has 1 N–H and O–H groups in total. The van der Waals surface area contributed by atoms with Crippen LogP contribution in [0.2, 0.25) is 0 Å². The van der Waals surface area contributed by atoms with E-state index in [-0.39, 0.29) is 0 Å². The predicted molar refractivity (Wildman–Crippen MR) is 83.0 cm³/mol. The van der Waals surface area contributed by atoms with Crippen LogP contribution in [0.1, 0.15) is 20.3 Å². The van der Waals surface area contributed by atoms with Crippen LogP contribution >= 0.6 is 12.2 Å². The number of aromatic amines is 1. The van der Waals surface area contributed by atoms with Crippen LogP contribution in [0.15, 0.2) is 24.5 Å². The van der Waals surface area contributed by atoms with E-state index in [4.69, 9.17) is 12.2 Å². The zero-order valence-corrected chi connectivity index (χ0v) is 12.9. The summed E-state index contributed by atoms with van der Waals surface area (Å²) in [5, 5.41) is 7.20. The first kappa shape index (κ1) is 14.9. The van der Waals surface area contributed by atoms with Crippen LogP contribution < -0.4 is 0 Å². The van der Waals surface area contributed by atoms with E-state index >= 15 is 0 Å². The zero-order valence-electron chi connectivity index (χ0n) is 12.0. The highest BCUT2D eigenvalue weighted by atomic mass is 32.1. The van der Waals surface area contributed by atoms with E-state index in [1.54, 1.807) is 6.20 Å². The Morgan fingerprint density at radius 1 is 1.35 bits per heavy atom. The minimum Gasteiger partial charge on any atom is -0.302 e. The molecule has 0 bridgehead atoms. The third-order valence-corrected chi connectivity index (χ3v) is 3.62. The maximum absolute atomic E-state index is 5.33. The Kier molecular flexibility index (Phi) is 5.43. The Morgan fingerprint density at radius 3 is 2.85 bits per heavy atom. The van der Waals surface area contributed by atoms with Crippen LogP contribution in [0.3, 0.4) is 0 Å². The molecule has 2 rings (SSSR count). The fraction of sp³-hybridized carbons (Fsp3) is 0.500. The molecule has 0 saturated heterocycles. The predicted octanol–water partition coefficient (Wildman–Crippen LogP) is 2.73. The fourth-order valence-corrected chi connectivity index (χ4v) is 2.45. The van der Waals surface area contributed by atoms with Crippen molar-refractivity contribution in [2.24, 2.45) is 0 Å². The molecule has 0 atom stereocenters. The molecule has 20 heavy (non-hydrogen) atoms. The van der Waals surface area contributed by atoms with Crippen molar-refractivity contribution in [3.63, 3.8) is 0 Å². The summed E-state index contributed by atoms with van der Waals surface area (Å²) in [6.07, 6.45) is 4.74. The second-order valence-electron chi connectivity index (χ2n) is 4.68. The molecule has 2 aromatic rings. The van der Waals surface area contributed by atoms with Crippen LogP contribution in [-0.4, -0.2) is 44.3 Å². The number of rotatable bonds is 7. The van der Waals surface area contributed by atoms with Crippen LogP contribution in [-0.2, 0) is 6.54 Å². The highest BCUT2D eigenvalue weighted by Gasteiger charge is 2.10. The topological polar surface area (TPSA) is 49.7 Å². The summed E-state index contributed by atoms with van der Waals surface area (Å²) in [6, 6.07) is 3.91. The first-order valence-electron chi connectivity index (χ1n) is 7.04. The van der Waals surface area contributed by atoms with Gasteiger partial charge in [0, 0.05) is 31.0 Å². The number of aromatic nitrogens is 4. The molecule has 0 saturated carbocycles. The van der Waals surface area contributed by atoms with E-state index in [2.05, 4.69) is 33.9 Å². The number of H-pyrrole nitrogens is 1. The number of nitrogens with one attached hydrogen (secondary N) is 1. The van der Waals surface area contributed by atoms with Gasteiger partial charge in [-0.15, -0.1) is 0 Å². The average molecular weight is 291 g/mol. The van der Waals surface area contributed by atoms with E-state index in [0.29, 0.717) is 4.77 Å². The van der Waals surface area contributed by atoms with Crippen molar-refractivity contribution < 1.29 is 0 Å². The molecule has 2 heterocycles. The van der Waals surface area contributed by atoms with Crippen molar-refractivity contribution in [2.45, 2.75) is 26.8 Å². The number of hydrogen-bond donors (Lipinski definition) is 1. The Labute approximate surface area is 124 Å². The molecule has 0 aliphatic rings. The third-order valence-electron chi connectivity index (χ3n) is 3.30. The van der Waals surface area contributed by atoms with Gasteiger partial charge in [0.2, 0.25) is 0 Å². The fourth-order valence-electron chi connectivity index (χ4n) is 2.23. The lowest BCUT2D eigenvalue weighted by Gasteiger charge is -2.19. The first-order chi connectivity index (χ1) is 9.76. The summed E-state index contributed by atoms with van der Waals surface area (Å²) in [6.45, 7) is 8.38. The minimum absolute atomic E-state index is 0.663. The van der Waals surface area contributed by atoms with Gasteiger partial charge in [-0.3, -0.25) is 14.6 Å². The number of nitrogens with zero attached hydrogens (tertiary/aromatic N) is 4. The molecule has 5 nitrogen and oxygen atoms in total. The SMILES string of the molecule is CCCN(CC)CCn1c(-c2cccnc2)n[nH]c1=S. The maximum Gasteiger partial charge on any atom is 0.195 e. The molecular weight excluding hydrogens is 270 g/mol. The van der Waals surface area contributed by atoms with Gasteiger partial charge in [0.15, 0.2) is 10.6 Å². The smallest absolute Gasteiger partial charge is 0.195 e. The Morgan fingerprint density at radius 2 is 2.20 bits per heavy atom. The molecule has 0 spiro atoms. The van der Waals surface area contributed by atoms with Gasteiger partial charge < -0.3 is 4.90 Å². The van der Waals surface area contributed by atoms with Gasteiger partial charge in [-0.05, 0) is 43.9 Å². The summed E-state index contributed by atoms with van der Waals surface area (Å²) in [7, 11) is 0. The molecule has 0 fully saturated rings. The van der Waals surface area contributed by atoms with Gasteiger partial charge >= 0.3 is 0 Å². The third kappa shape index (κ3) is 3.52. The Hall–Kier alpha value is -1.53. The van der Waals surface area contributed by atoms with Crippen molar-refractivity contribution in [1.29, 1.82) is 0 Å². The first-order valence-corrected chi connectivity index (χ1v) is 7.45. The highest BCUT2D eigenvalue weighted by molar-refractivity contribution is 7.71. The summed E-state index contributed by atoms with van der Waals surface area (Å²) >= 11 is 5.33. The molecule has 0 aliphatic carbocycles. The van der Waals surface area contributed by atoms with Gasteiger partial charge in [0.05, 0.1) is 0 Å². The molecule has 0 amide bonds. The van der Waals surface area contributed by atoms with E-state index in [1.165, 1.54) is 6.42 Å². The number of hydrogen-bond acceptors (Lipinski definition) is 4. The standard InChI is InChI=1S/C14H21N5S/c1-3-8-18(4-2)9-10-19-13(16-17-14(19)20)12-6-5-7-15-11-12/h5-7,11H,3-4,8-10H2,1-2H3,(H,17,20). The number of pyridine rings is 1. The molecule has 0 aliphatic heterocycles. The molecule has 108 valence electrons. The van der Waals surface area contributed by atoms with Crippen molar-refractivity contribution in [1.82, 2.24) is 24.6 Å². The molecule has 0 aromatic carbocycles. The normalized spacial score (nSPS) is 11.2. The van der Waals surface area contributed by atoms with Crippen molar-refractivity contribution in [3.05, 3.63) is 29.3 Å².